The molecule has 0 aromatic carbocycles. The summed E-state index contributed by atoms with van der Waals surface area (Å²) in [5.74, 6) is -2.37. The number of hydrogen-bond donors (Lipinski definition) is 3. The average Bonchev–Trinajstić information content (AvgIpc) is 3.17. The maximum atomic E-state index is 12.6. The predicted octanol–water partition coefficient (Wildman–Crippen LogP) is 12.1. The fraction of sp³-hybridized carbons (Fsp3) is 0.886. The molecule has 0 aliphatic carbocycles. The summed E-state index contributed by atoms with van der Waals surface area (Å²) in [6.07, 6.45) is 39.8. The lowest BCUT2D eigenvalue weighted by Gasteiger charge is -2.20. The second kappa shape index (κ2) is 40.0. The van der Waals surface area contributed by atoms with Crippen molar-refractivity contribution in [3.05, 3.63) is 12.2 Å². The highest BCUT2D eigenvalue weighted by Gasteiger charge is 2.28. The number of carbonyl (C=O) groups is 3. The zero-order valence-electron chi connectivity index (χ0n) is 35.7. The Bertz CT molecular complexity index is 1010. The molecule has 0 aromatic rings. The molecule has 12 heteroatoms. The van der Waals surface area contributed by atoms with Gasteiger partial charge < -0.3 is 25.2 Å². The first kappa shape index (κ1) is 54.2. The molecule has 4 N–H and O–H groups in total. The quantitative estimate of drug-likeness (QED) is 0.0231. The number of carboxylic acids is 1. The minimum atomic E-state index is -4.71. The van der Waals surface area contributed by atoms with Crippen LogP contribution in [0.25, 0.3) is 0 Å². The highest BCUT2D eigenvalue weighted by molar-refractivity contribution is 7.47. The maximum Gasteiger partial charge on any atom is 0.472 e. The molecule has 330 valence electrons. The van der Waals surface area contributed by atoms with E-state index in [1.807, 2.05) is 0 Å². The molecule has 3 atom stereocenters. The van der Waals surface area contributed by atoms with E-state index in [4.69, 9.17) is 24.8 Å². The summed E-state index contributed by atoms with van der Waals surface area (Å²) in [6.45, 7) is 2.82. The van der Waals surface area contributed by atoms with Crippen LogP contribution in [0.2, 0.25) is 0 Å². The molecule has 0 rings (SSSR count). The Balaban J connectivity index is 4.31. The third-order valence-electron chi connectivity index (χ3n) is 10.0. The van der Waals surface area contributed by atoms with Crippen LogP contribution in [0.15, 0.2) is 12.2 Å². The zero-order valence-corrected chi connectivity index (χ0v) is 36.6. The summed E-state index contributed by atoms with van der Waals surface area (Å²) >= 11 is 0. The van der Waals surface area contributed by atoms with Gasteiger partial charge in [-0.25, -0.2) is 4.57 Å². The number of hydrogen-bond acceptors (Lipinski definition) is 9. The molecule has 0 spiro atoms. The Morgan fingerprint density at radius 3 is 1.30 bits per heavy atom. The molecule has 0 aromatic heterocycles. The van der Waals surface area contributed by atoms with Gasteiger partial charge in [0.05, 0.1) is 13.2 Å². The van der Waals surface area contributed by atoms with Gasteiger partial charge in [-0.05, 0) is 38.5 Å². The first-order valence-corrected chi connectivity index (χ1v) is 24.2. The molecule has 0 bridgehead atoms. The summed E-state index contributed by atoms with van der Waals surface area (Å²) < 4.78 is 32.7. The first-order chi connectivity index (χ1) is 27.1. The number of rotatable bonds is 43. The van der Waals surface area contributed by atoms with Crippen LogP contribution in [-0.4, -0.2) is 59.9 Å². The van der Waals surface area contributed by atoms with Gasteiger partial charge in [0.15, 0.2) is 6.10 Å². The molecule has 0 aliphatic heterocycles. The Labute approximate surface area is 341 Å². The number of unbranched alkanes of at least 4 members (excludes halogenated alkanes) is 27. The Hall–Kier alpha value is -1.78. The second-order valence-electron chi connectivity index (χ2n) is 15.5. The van der Waals surface area contributed by atoms with Gasteiger partial charge >= 0.3 is 25.7 Å². The molecule has 0 fully saturated rings. The Morgan fingerprint density at radius 2 is 0.893 bits per heavy atom. The maximum absolute atomic E-state index is 12.6. The van der Waals surface area contributed by atoms with E-state index in [0.717, 1.165) is 44.9 Å². The molecule has 0 radical (unpaired) electrons. The van der Waals surface area contributed by atoms with Crippen molar-refractivity contribution in [1.82, 2.24) is 0 Å². The Morgan fingerprint density at radius 1 is 0.536 bits per heavy atom. The van der Waals surface area contributed by atoms with E-state index in [1.165, 1.54) is 135 Å². The van der Waals surface area contributed by atoms with Gasteiger partial charge in [-0.1, -0.05) is 180 Å². The van der Waals surface area contributed by atoms with Crippen LogP contribution in [0, 0.1) is 0 Å². The smallest absolute Gasteiger partial charge is 0.472 e. The molecule has 0 saturated carbocycles. The van der Waals surface area contributed by atoms with Crippen LogP contribution in [-0.2, 0) is 37.5 Å². The van der Waals surface area contributed by atoms with Crippen molar-refractivity contribution in [3.63, 3.8) is 0 Å². The van der Waals surface area contributed by atoms with E-state index >= 15 is 0 Å². The van der Waals surface area contributed by atoms with Crippen LogP contribution in [0.1, 0.15) is 219 Å². The summed E-state index contributed by atoms with van der Waals surface area (Å²) in [6, 6.07) is -1.52. The molecule has 0 amide bonds. The summed E-state index contributed by atoms with van der Waals surface area (Å²) in [7, 11) is -4.71. The number of allylic oxidation sites excluding steroid dienone is 2. The fourth-order valence-corrected chi connectivity index (χ4v) is 7.19. The normalized spacial score (nSPS) is 13.8. The van der Waals surface area contributed by atoms with Crippen LogP contribution in [0.5, 0.6) is 0 Å². The number of phosphoric acid groups is 1. The lowest BCUT2D eigenvalue weighted by Crippen LogP contribution is -2.34. The van der Waals surface area contributed by atoms with Crippen LogP contribution < -0.4 is 5.73 Å². The minimum Gasteiger partial charge on any atom is -0.480 e. The van der Waals surface area contributed by atoms with Gasteiger partial charge in [-0.2, -0.15) is 0 Å². The Kier molecular flexibility index (Phi) is 38.7. The van der Waals surface area contributed by atoms with Gasteiger partial charge in [0.2, 0.25) is 0 Å². The summed E-state index contributed by atoms with van der Waals surface area (Å²) in [5.41, 5.74) is 5.34. The van der Waals surface area contributed by atoms with Crippen LogP contribution in [0.3, 0.4) is 0 Å². The standard InChI is InChI=1S/C44H84NO10P/c1-3-5-7-9-11-13-15-17-19-20-22-24-26-28-30-32-34-36-43(47)55-40(38-53-56(50,51)54-39-41(45)44(48)49)37-52-42(46)35-33-31-29-27-25-23-21-18-16-14-12-10-8-6-4-2/h17,19,40-41H,3-16,18,20-39,45H2,1-2H3,(H,48,49)(H,50,51)/b19-17+/t40-,41+/m1/s1. The van der Waals surface area contributed by atoms with Crippen molar-refractivity contribution in [1.29, 1.82) is 0 Å². The van der Waals surface area contributed by atoms with Gasteiger partial charge in [0, 0.05) is 12.8 Å². The SMILES string of the molecule is CCCCCCCC/C=C/CCCCCCCCCC(=O)O[C@H](COC(=O)CCCCCCCCCCCCCCCCC)COP(=O)(O)OC[C@H](N)C(=O)O. The van der Waals surface area contributed by atoms with Gasteiger partial charge in [-0.3, -0.25) is 23.4 Å². The summed E-state index contributed by atoms with van der Waals surface area (Å²) in [5, 5.41) is 8.89. The van der Waals surface area contributed by atoms with E-state index in [0.29, 0.717) is 12.8 Å². The number of carbonyl (C=O) groups excluding carboxylic acids is 2. The van der Waals surface area contributed by atoms with E-state index in [-0.39, 0.29) is 19.4 Å². The molecule has 56 heavy (non-hydrogen) atoms. The average molecular weight is 818 g/mol. The van der Waals surface area contributed by atoms with Gasteiger partial charge in [0.25, 0.3) is 0 Å². The number of carboxylic acid groups (broad SMARTS) is 1. The number of phosphoric ester groups is 1. The van der Waals surface area contributed by atoms with E-state index in [9.17, 15) is 23.8 Å². The molecular weight excluding hydrogens is 733 g/mol. The molecule has 11 nitrogen and oxygen atoms in total. The van der Waals surface area contributed by atoms with Crippen molar-refractivity contribution in [2.75, 3.05) is 19.8 Å². The molecular formula is C44H84NO10P. The highest BCUT2D eigenvalue weighted by Crippen LogP contribution is 2.43. The van der Waals surface area contributed by atoms with Gasteiger partial charge in [0.1, 0.15) is 12.6 Å². The predicted molar refractivity (Wildman–Crippen MR) is 226 cm³/mol. The van der Waals surface area contributed by atoms with Crippen LogP contribution >= 0.6 is 7.82 Å². The third-order valence-corrected chi connectivity index (χ3v) is 11.0. The lowest BCUT2D eigenvalue weighted by atomic mass is 10.0. The van der Waals surface area contributed by atoms with Crippen molar-refractivity contribution in [2.45, 2.75) is 231 Å². The van der Waals surface area contributed by atoms with Gasteiger partial charge in [-0.15, -0.1) is 0 Å². The zero-order chi connectivity index (χ0) is 41.4. The monoisotopic (exact) mass is 818 g/mol. The number of ether oxygens (including phenoxy) is 2. The van der Waals surface area contributed by atoms with E-state index in [1.54, 1.807) is 0 Å². The highest BCUT2D eigenvalue weighted by atomic mass is 31.2. The van der Waals surface area contributed by atoms with E-state index < -0.39 is 51.1 Å². The number of aliphatic carboxylic acids is 1. The van der Waals surface area contributed by atoms with E-state index in [2.05, 4.69) is 30.5 Å². The second-order valence-corrected chi connectivity index (χ2v) is 17.0. The third kappa shape index (κ3) is 39.1. The largest absolute Gasteiger partial charge is 0.480 e. The number of nitrogens with two attached hydrogens (primary N) is 1. The van der Waals surface area contributed by atoms with Crippen molar-refractivity contribution in [3.8, 4) is 0 Å². The lowest BCUT2D eigenvalue weighted by molar-refractivity contribution is -0.161. The number of esters is 2. The molecule has 0 aliphatic rings. The molecule has 0 saturated heterocycles. The van der Waals surface area contributed by atoms with Crippen molar-refractivity contribution in [2.24, 2.45) is 5.73 Å². The topological polar surface area (TPSA) is 172 Å². The summed E-state index contributed by atoms with van der Waals surface area (Å²) in [4.78, 5) is 46.0. The fourth-order valence-electron chi connectivity index (χ4n) is 6.41. The minimum absolute atomic E-state index is 0.160. The molecule has 0 heterocycles. The van der Waals surface area contributed by atoms with Crippen LogP contribution in [0.4, 0.5) is 0 Å². The van der Waals surface area contributed by atoms with Crippen molar-refractivity contribution < 1.29 is 47.5 Å². The first-order valence-electron chi connectivity index (χ1n) is 22.7. The van der Waals surface area contributed by atoms with Crippen molar-refractivity contribution >= 4 is 25.7 Å². The molecule has 1 unspecified atom stereocenters.